The summed E-state index contributed by atoms with van der Waals surface area (Å²) in [7, 11) is -1.21. The van der Waals surface area contributed by atoms with E-state index in [1.54, 1.807) is 11.9 Å². The van der Waals surface area contributed by atoms with E-state index >= 15 is 0 Å². The van der Waals surface area contributed by atoms with Crippen molar-refractivity contribution in [3.63, 3.8) is 0 Å². The maximum atomic E-state index is 12.6. The summed E-state index contributed by atoms with van der Waals surface area (Å²) < 4.78 is 23.0. The van der Waals surface area contributed by atoms with Crippen LogP contribution in [0, 0.1) is 5.41 Å². The summed E-state index contributed by atoms with van der Waals surface area (Å²) in [5.74, 6) is 0.353. The van der Waals surface area contributed by atoms with Gasteiger partial charge in [-0.15, -0.1) is 0 Å². The number of hydrogen-bond acceptors (Lipinski definition) is 4. The summed E-state index contributed by atoms with van der Waals surface area (Å²) in [4.78, 5) is 14.2. The smallest absolute Gasteiger partial charge is 0.240 e. The largest absolute Gasteiger partial charge is 0.340 e. The van der Waals surface area contributed by atoms with Crippen molar-refractivity contribution in [3.05, 3.63) is 0 Å². The Balaban J connectivity index is 2.07. The first-order valence-corrected chi connectivity index (χ1v) is 8.75. The van der Waals surface area contributed by atoms with E-state index in [9.17, 15) is 13.2 Å². The third-order valence-corrected chi connectivity index (χ3v) is 6.23. The lowest BCUT2D eigenvalue weighted by Gasteiger charge is -2.41. The van der Waals surface area contributed by atoms with Gasteiger partial charge >= 0.3 is 0 Å². The third kappa shape index (κ3) is 3.11. The first-order valence-electron chi connectivity index (χ1n) is 6.93. The normalized spacial score (nSPS) is 33.0. The lowest BCUT2D eigenvalue weighted by Crippen LogP contribution is -2.57. The highest BCUT2D eigenvalue weighted by atomic mass is 32.2. The van der Waals surface area contributed by atoms with E-state index in [0.717, 1.165) is 19.4 Å². The predicted molar refractivity (Wildman–Crippen MR) is 74.6 cm³/mol. The summed E-state index contributed by atoms with van der Waals surface area (Å²) in [6.07, 6.45) is 2.67. The quantitative estimate of drug-likeness (QED) is 0.799. The number of rotatable bonds is 2. The van der Waals surface area contributed by atoms with Crippen LogP contribution in [0.4, 0.5) is 0 Å². The number of piperidine rings is 1. The fraction of sp³-hybridized carbons (Fsp3) is 0.923. The van der Waals surface area contributed by atoms with Gasteiger partial charge < -0.3 is 10.2 Å². The number of nitrogens with zero attached hydrogens (tertiary/aromatic N) is 1. The van der Waals surface area contributed by atoms with Gasteiger partial charge in [-0.05, 0) is 31.2 Å². The molecule has 2 rings (SSSR count). The van der Waals surface area contributed by atoms with Crippen molar-refractivity contribution in [3.8, 4) is 0 Å². The van der Waals surface area contributed by atoms with Crippen molar-refractivity contribution in [1.82, 2.24) is 10.2 Å². The van der Waals surface area contributed by atoms with Gasteiger partial charge in [-0.1, -0.05) is 13.8 Å². The molecule has 2 aliphatic heterocycles. The maximum absolute atomic E-state index is 12.6. The van der Waals surface area contributed by atoms with Crippen LogP contribution in [0.25, 0.3) is 0 Å². The van der Waals surface area contributed by atoms with Crippen LogP contribution in [0.3, 0.4) is 0 Å². The minimum atomic E-state index is -2.95. The van der Waals surface area contributed by atoms with Gasteiger partial charge in [-0.2, -0.15) is 0 Å². The van der Waals surface area contributed by atoms with Crippen LogP contribution in [0.1, 0.15) is 33.1 Å². The number of amides is 1. The van der Waals surface area contributed by atoms with Crippen molar-refractivity contribution in [2.24, 2.45) is 5.41 Å². The molecule has 2 heterocycles. The summed E-state index contributed by atoms with van der Waals surface area (Å²) in [6, 6.07) is -0.355. The molecule has 0 radical (unpaired) electrons. The topological polar surface area (TPSA) is 66.5 Å². The van der Waals surface area contributed by atoms with Crippen LogP contribution in [0.15, 0.2) is 0 Å². The van der Waals surface area contributed by atoms with Crippen molar-refractivity contribution < 1.29 is 13.2 Å². The zero-order chi connectivity index (χ0) is 14.3. The van der Waals surface area contributed by atoms with E-state index in [2.05, 4.69) is 19.2 Å². The molecule has 1 N–H and O–H groups in total. The summed E-state index contributed by atoms with van der Waals surface area (Å²) in [5.41, 5.74) is -0.0684. The number of carbonyl (C=O) groups is 1. The number of hydrogen-bond donors (Lipinski definition) is 1. The molecule has 1 amide bonds. The Kier molecular flexibility index (Phi) is 3.93. The molecular formula is C13H24N2O3S. The van der Waals surface area contributed by atoms with E-state index in [-0.39, 0.29) is 34.9 Å². The number of likely N-dealkylation sites (N-methyl/N-ethyl adjacent to an activating group) is 1. The predicted octanol–water partition coefficient (Wildman–Crippen LogP) is 0.410. The van der Waals surface area contributed by atoms with E-state index in [1.807, 2.05) is 0 Å². The molecule has 2 atom stereocenters. The van der Waals surface area contributed by atoms with E-state index in [4.69, 9.17) is 0 Å². The molecule has 110 valence electrons. The van der Waals surface area contributed by atoms with Crippen LogP contribution in [0.5, 0.6) is 0 Å². The molecule has 0 aromatic carbocycles. The first kappa shape index (κ1) is 14.8. The number of carbonyl (C=O) groups excluding carboxylic acids is 1. The Labute approximate surface area is 115 Å². The molecule has 0 bridgehead atoms. The molecule has 0 aromatic rings. The van der Waals surface area contributed by atoms with Gasteiger partial charge in [0, 0.05) is 13.1 Å². The lowest BCUT2D eigenvalue weighted by atomic mass is 9.77. The van der Waals surface area contributed by atoms with E-state index < -0.39 is 9.84 Å². The first-order chi connectivity index (χ1) is 8.73. The zero-order valence-corrected chi connectivity index (χ0v) is 12.8. The van der Waals surface area contributed by atoms with Crippen LogP contribution >= 0.6 is 0 Å². The van der Waals surface area contributed by atoms with Gasteiger partial charge in [-0.3, -0.25) is 4.79 Å². The molecule has 0 aromatic heterocycles. The van der Waals surface area contributed by atoms with Gasteiger partial charge in [0.1, 0.15) is 0 Å². The van der Waals surface area contributed by atoms with Gasteiger partial charge in [0.05, 0.1) is 17.5 Å². The van der Waals surface area contributed by atoms with Crippen LogP contribution < -0.4 is 5.32 Å². The third-order valence-electron chi connectivity index (χ3n) is 4.48. The van der Waals surface area contributed by atoms with Gasteiger partial charge in [0.15, 0.2) is 9.84 Å². The monoisotopic (exact) mass is 288 g/mol. The Morgan fingerprint density at radius 2 is 2.05 bits per heavy atom. The second kappa shape index (κ2) is 5.05. The molecule has 2 unspecified atom stereocenters. The van der Waals surface area contributed by atoms with Gasteiger partial charge in [-0.25, -0.2) is 8.42 Å². The molecule has 0 aliphatic carbocycles. The average Bonchev–Trinajstić information content (AvgIpc) is 2.67. The summed E-state index contributed by atoms with van der Waals surface area (Å²) >= 11 is 0. The number of sulfone groups is 1. The van der Waals surface area contributed by atoms with Gasteiger partial charge in [0.25, 0.3) is 0 Å². The Bertz CT molecular complexity index is 459. The summed E-state index contributed by atoms with van der Waals surface area (Å²) in [5, 5.41) is 3.29. The van der Waals surface area contributed by atoms with Crippen LogP contribution in [-0.4, -0.2) is 56.4 Å². The Hall–Kier alpha value is -0.620. The molecule has 2 saturated heterocycles. The van der Waals surface area contributed by atoms with Crippen molar-refractivity contribution in [2.45, 2.75) is 45.2 Å². The Morgan fingerprint density at radius 1 is 1.37 bits per heavy atom. The van der Waals surface area contributed by atoms with Crippen LogP contribution in [0.2, 0.25) is 0 Å². The van der Waals surface area contributed by atoms with Crippen molar-refractivity contribution in [1.29, 1.82) is 0 Å². The minimum absolute atomic E-state index is 0.0341. The highest BCUT2D eigenvalue weighted by Crippen LogP contribution is 2.31. The molecular weight excluding hydrogens is 264 g/mol. The second-order valence-corrected chi connectivity index (χ2v) is 8.71. The molecule has 6 heteroatoms. The lowest BCUT2D eigenvalue weighted by molar-refractivity contribution is -0.137. The molecule has 19 heavy (non-hydrogen) atoms. The molecule has 5 nitrogen and oxygen atoms in total. The van der Waals surface area contributed by atoms with E-state index in [1.165, 1.54) is 0 Å². The average molecular weight is 288 g/mol. The molecule has 2 aliphatic rings. The maximum Gasteiger partial charge on any atom is 0.240 e. The molecule has 0 saturated carbocycles. The fourth-order valence-corrected chi connectivity index (χ4v) is 4.87. The number of nitrogens with one attached hydrogen (secondary N) is 1. The highest BCUT2D eigenvalue weighted by molar-refractivity contribution is 7.91. The second-order valence-electron chi connectivity index (χ2n) is 6.49. The Morgan fingerprint density at radius 3 is 2.58 bits per heavy atom. The summed E-state index contributed by atoms with van der Waals surface area (Å²) in [6.45, 7) is 5.05. The van der Waals surface area contributed by atoms with Gasteiger partial charge in [0.2, 0.25) is 5.91 Å². The highest BCUT2D eigenvalue weighted by Gasteiger charge is 2.41. The molecule has 2 fully saturated rings. The zero-order valence-electron chi connectivity index (χ0n) is 12.0. The van der Waals surface area contributed by atoms with Crippen molar-refractivity contribution >= 4 is 15.7 Å². The standard InChI is InChI=1S/C13H24N2O3S/c1-13(2)6-4-7-14-11(13)12(16)15(3)10-5-8-19(17,18)9-10/h10-11,14H,4-9H2,1-3H3. The van der Waals surface area contributed by atoms with Crippen molar-refractivity contribution in [2.75, 3.05) is 25.1 Å². The fourth-order valence-electron chi connectivity index (χ4n) is 3.10. The minimum Gasteiger partial charge on any atom is -0.340 e. The van der Waals surface area contributed by atoms with E-state index in [0.29, 0.717) is 6.42 Å². The van der Waals surface area contributed by atoms with Crippen LogP contribution in [-0.2, 0) is 14.6 Å². The molecule has 0 spiro atoms. The SMILES string of the molecule is CN(C(=O)C1NCCCC1(C)C)C1CCS(=O)(=O)C1.